The van der Waals surface area contributed by atoms with Gasteiger partial charge in [-0.1, -0.05) is 18.2 Å². The van der Waals surface area contributed by atoms with E-state index < -0.39 is 28.7 Å². The van der Waals surface area contributed by atoms with Crippen molar-refractivity contribution in [3.8, 4) is 0 Å². The van der Waals surface area contributed by atoms with Gasteiger partial charge in [-0.2, -0.15) is 0 Å². The van der Waals surface area contributed by atoms with Crippen molar-refractivity contribution in [2.24, 2.45) is 10.9 Å². The van der Waals surface area contributed by atoms with Crippen LogP contribution in [0.25, 0.3) is 6.08 Å². The predicted octanol–water partition coefficient (Wildman–Crippen LogP) is 4.37. The monoisotopic (exact) mass is 452 g/mol. The summed E-state index contributed by atoms with van der Waals surface area (Å²) in [6.45, 7) is 5.10. The molecule has 2 aromatic rings. The van der Waals surface area contributed by atoms with Crippen LogP contribution in [0, 0.1) is 23.0 Å². The number of esters is 2. The van der Waals surface area contributed by atoms with Crippen LogP contribution < -0.4 is 0 Å². The standard InChI is InChI=1S/C24H24N2O7/c1-14-20(23(27)31-4)22(18-7-5-9-19(13-18)26(29)30)21(15(2)25-14)24(28)33-11-6-8-17-10-12-32-16(17)3/h5-10,12-13,20,22H,11H2,1-4H3. The first-order chi connectivity index (χ1) is 15.7. The first-order valence-corrected chi connectivity index (χ1v) is 10.2. The zero-order chi connectivity index (χ0) is 24.1. The van der Waals surface area contributed by atoms with E-state index in [1.807, 2.05) is 6.92 Å². The number of hydrogen-bond donors (Lipinski definition) is 0. The van der Waals surface area contributed by atoms with Gasteiger partial charge in [0.25, 0.3) is 5.69 Å². The fourth-order valence-corrected chi connectivity index (χ4v) is 3.87. The Morgan fingerprint density at radius 1 is 1.24 bits per heavy atom. The number of methoxy groups -OCH3 is 1. The van der Waals surface area contributed by atoms with Crippen molar-refractivity contribution in [3.63, 3.8) is 0 Å². The molecule has 0 radical (unpaired) electrons. The molecule has 1 aliphatic heterocycles. The second kappa shape index (κ2) is 10.1. The molecular formula is C24H24N2O7. The van der Waals surface area contributed by atoms with Gasteiger partial charge in [0.15, 0.2) is 0 Å². The third kappa shape index (κ3) is 5.08. The van der Waals surface area contributed by atoms with E-state index in [-0.39, 0.29) is 17.9 Å². The molecule has 3 rings (SSSR count). The number of hydrogen-bond acceptors (Lipinski definition) is 8. The van der Waals surface area contributed by atoms with Crippen LogP contribution in [-0.2, 0) is 19.1 Å². The molecule has 33 heavy (non-hydrogen) atoms. The van der Waals surface area contributed by atoms with E-state index in [2.05, 4.69) is 4.99 Å². The normalized spacial score (nSPS) is 18.2. The van der Waals surface area contributed by atoms with Crippen LogP contribution in [0.3, 0.4) is 0 Å². The summed E-state index contributed by atoms with van der Waals surface area (Å²) in [6.07, 6.45) is 5.00. The number of nitro groups is 1. The van der Waals surface area contributed by atoms with Gasteiger partial charge in [0.05, 0.1) is 23.9 Å². The Balaban J connectivity index is 1.95. The molecule has 2 unspecified atom stereocenters. The largest absolute Gasteiger partial charge is 0.469 e. The number of carbonyl (C=O) groups is 2. The summed E-state index contributed by atoms with van der Waals surface area (Å²) in [6, 6.07) is 7.63. The van der Waals surface area contributed by atoms with Crippen molar-refractivity contribution in [2.45, 2.75) is 26.7 Å². The second-order valence-corrected chi connectivity index (χ2v) is 7.52. The number of nitrogens with zero attached hydrogens (tertiary/aromatic N) is 2. The maximum Gasteiger partial charge on any atom is 0.336 e. The Labute approximate surface area is 190 Å². The molecule has 9 heteroatoms. The van der Waals surface area contributed by atoms with Gasteiger partial charge in [-0.15, -0.1) is 0 Å². The maximum atomic E-state index is 13.1. The zero-order valence-corrected chi connectivity index (χ0v) is 18.7. The molecule has 0 amide bonds. The van der Waals surface area contributed by atoms with Gasteiger partial charge in [0, 0.05) is 35.0 Å². The molecule has 2 heterocycles. The Hall–Kier alpha value is -4.01. The van der Waals surface area contributed by atoms with E-state index >= 15 is 0 Å². The molecule has 0 spiro atoms. The summed E-state index contributed by atoms with van der Waals surface area (Å²) < 4.78 is 15.6. The van der Waals surface area contributed by atoms with Crippen LogP contribution in [-0.4, -0.2) is 36.3 Å². The van der Waals surface area contributed by atoms with Crippen molar-refractivity contribution in [1.82, 2.24) is 0 Å². The number of aliphatic imine (C=N–C) groups is 1. The van der Waals surface area contributed by atoms with Gasteiger partial charge in [0.1, 0.15) is 18.3 Å². The van der Waals surface area contributed by atoms with Gasteiger partial charge in [0.2, 0.25) is 0 Å². The minimum absolute atomic E-state index is 0.0204. The highest BCUT2D eigenvalue weighted by atomic mass is 16.6. The van der Waals surface area contributed by atoms with E-state index in [1.54, 1.807) is 44.4 Å². The molecule has 172 valence electrons. The molecule has 0 saturated carbocycles. The number of carbonyl (C=O) groups excluding carboxylic acids is 2. The number of benzene rings is 1. The first-order valence-electron chi connectivity index (χ1n) is 10.2. The summed E-state index contributed by atoms with van der Waals surface area (Å²) in [7, 11) is 1.24. The quantitative estimate of drug-likeness (QED) is 0.347. The van der Waals surface area contributed by atoms with E-state index in [9.17, 15) is 19.7 Å². The Morgan fingerprint density at radius 3 is 2.64 bits per heavy atom. The zero-order valence-electron chi connectivity index (χ0n) is 18.7. The lowest BCUT2D eigenvalue weighted by Crippen LogP contribution is -2.36. The smallest absolute Gasteiger partial charge is 0.336 e. The molecule has 0 bridgehead atoms. The average molecular weight is 452 g/mol. The SMILES string of the molecule is COC(=O)C1C(C)=NC(C)=C(C(=O)OCC=Cc2ccoc2C)C1c1cccc([N+](=O)[O-])c1. The minimum Gasteiger partial charge on any atom is -0.469 e. The molecule has 0 fully saturated rings. The van der Waals surface area contributed by atoms with Crippen molar-refractivity contribution in [2.75, 3.05) is 13.7 Å². The summed E-state index contributed by atoms with van der Waals surface area (Å²) in [5.74, 6) is -2.29. The van der Waals surface area contributed by atoms with Crippen LogP contribution in [0.2, 0.25) is 0 Å². The fourth-order valence-electron chi connectivity index (χ4n) is 3.87. The van der Waals surface area contributed by atoms with E-state index in [0.717, 1.165) is 11.3 Å². The molecule has 1 aromatic heterocycles. The molecule has 0 aliphatic carbocycles. The summed E-state index contributed by atoms with van der Waals surface area (Å²) in [4.78, 5) is 40.9. The highest BCUT2D eigenvalue weighted by molar-refractivity contribution is 6.07. The highest BCUT2D eigenvalue weighted by Crippen LogP contribution is 2.40. The van der Waals surface area contributed by atoms with E-state index in [1.165, 1.54) is 25.3 Å². The molecule has 0 saturated heterocycles. The van der Waals surface area contributed by atoms with Gasteiger partial charge < -0.3 is 13.9 Å². The molecule has 0 N–H and O–H groups in total. The number of allylic oxidation sites excluding steroid dienone is 1. The van der Waals surface area contributed by atoms with Crippen molar-refractivity contribution >= 4 is 29.4 Å². The highest BCUT2D eigenvalue weighted by Gasteiger charge is 2.42. The predicted molar refractivity (Wildman–Crippen MR) is 121 cm³/mol. The van der Waals surface area contributed by atoms with E-state index in [0.29, 0.717) is 17.0 Å². The summed E-state index contributed by atoms with van der Waals surface area (Å²) in [5.41, 5.74) is 2.11. The van der Waals surface area contributed by atoms with Gasteiger partial charge >= 0.3 is 11.9 Å². The topological polar surface area (TPSA) is 121 Å². The molecular weight excluding hydrogens is 428 g/mol. The minimum atomic E-state index is -0.924. The summed E-state index contributed by atoms with van der Waals surface area (Å²) >= 11 is 0. The van der Waals surface area contributed by atoms with Crippen LogP contribution in [0.4, 0.5) is 5.69 Å². The number of rotatable bonds is 7. The molecule has 1 aromatic carbocycles. The van der Waals surface area contributed by atoms with Gasteiger partial charge in [-0.05, 0) is 38.5 Å². The van der Waals surface area contributed by atoms with Crippen molar-refractivity contribution in [3.05, 3.63) is 80.9 Å². The number of aryl methyl sites for hydroxylation is 1. The lowest BCUT2D eigenvalue weighted by molar-refractivity contribution is -0.384. The van der Waals surface area contributed by atoms with Crippen LogP contribution >= 0.6 is 0 Å². The van der Waals surface area contributed by atoms with Crippen LogP contribution in [0.1, 0.15) is 36.7 Å². The van der Waals surface area contributed by atoms with Crippen LogP contribution in [0.15, 0.2) is 63.4 Å². The lowest BCUT2D eigenvalue weighted by Gasteiger charge is -2.31. The Bertz CT molecular complexity index is 1170. The third-order valence-corrected chi connectivity index (χ3v) is 5.45. The van der Waals surface area contributed by atoms with Crippen molar-refractivity contribution in [1.29, 1.82) is 0 Å². The number of ether oxygens (including phenoxy) is 2. The molecule has 9 nitrogen and oxygen atoms in total. The Morgan fingerprint density at radius 2 is 2.00 bits per heavy atom. The molecule has 1 aliphatic rings. The molecule has 2 atom stereocenters. The second-order valence-electron chi connectivity index (χ2n) is 7.52. The summed E-state index contributed by atoms with van der Waals surface area (Å²) in [5, 5.41) is 11.3. The fraction of sp³-hybridized carbons (Fsp3) is 0.292. The number of furan rings is 1. The van der Waals surface area contributed by atoms with E-state index in [4.69, 9.17) is 13.9 Å². The maximum absolute atomic E-state index is 13.1. The number of non-ortho nitro benzene ring substituents is 1. The third-order valence-electron chi connectivity index (χ3n) is 5.45. The Kier molecular flexibility index (Phi) is 7.22. The van der Waals surface area contributed by atoms with Crippen LogP contribution in [0.5, 0.6) is 0 Å². The van der Waals surface area contributed by atoms with Gasteiger partial charge in [-0.25, -0.2) is 4.79 Å². The van der Waals surface area contributed by atoms with Gasteiger partial charge in [-0.3, -0.25) is 19.9 Å². The van der Waals surface area contributed by atoms with Crippen molar-refractivity contribution < 1.29 is 28.4 Å². The average Bonchev–Trinajstić information content (AvgIpc) is 3.20. The first kappa shape index (κ1) is 23.6. The number of nitro benzene ring substituents is 1. The lowest BCUT2D eigenvalue weighted by atomic mass is 9.75.